The first-order chi connectivity index (χ1) is 10.3. The normalized spacial score (nSPS) is 8.14. The molecule has 0 aliphatic heterocycles. The Morgan fingerprint density at radius 3 is 1.33 bits per heavy atom. The number of aryl methyl sites for hydroxylation is 2. The van der Waals surface area contributed by atoms with Crippen molar-refractivity contribution in [1.29, 1.82) is 0 Å². The average molecular weight is 290 g/mol. The van der Waals surface area contributed by atoms with Gasteiger partial charge in [-0.3, -0.25) is 0 Å². The molecule has 2 aromatic rings. The van der Waals surface area contributed by atoms with Crippen LogP contribution in [0.3, 0.4) is 0 Å². The van der Waals surface area contributed by atoms with E-state index in [1.807, 2.05) is 40.7 Å². The minimum absolute atomic E-state index is 0.160. The summed E-state index contributed by atoms with van der Waals surface area (Å²) in [5.74, 6) is -0.160. The Hall–Kier alpha value is -1.63. The summed E-state index contributed by atoms with van der Waals surface area (Å²) in [6, 6.07) is 17.0. The van der Waals surface area contributed by atoms with Gasteiger partial charge in [0.25, 0.3) is 0 Å². The molecule has 0 radical (unpaired) electrons. The molecule has 0 bridgehead atoms. The highest BCUT2D eigenvalue weighted by Gasteiger charge is 1.87. The van der Waals surface area contributed by atoms with Gasteiger partial charge in [0.05, 0.1) is 0 Å². The molecule has 0 unspecified atom stereocenters. The number of benzene rings is 2. The molecule has 0 nitrogen and oxygen atoms in total. The van der Waals surface area contributed by atoms with Crippen molar-refractivity contribution in [3.8, 4) is 0 Å². The van der Waals surface area contributed by atoms with Crippen LogP contribution in [0.5, 0.6) is 0 Å². The zero-order chi connectivity index (χ0) is 16.5. The van der Waals surface area contributed by atoms with Crippen LogP contribution in [0.25, 0.3) is 0 Å². The molecule has 0 aromatic heterocycles. The largest absolute Gasteiger partial charge is 0.207 e. The quantitative estimate of drug-likeness (QED) is 0.578. The summed E-state index contributed by atoms with van der Waals surface area (Å²) in [7, 11) is 0. The van der Waals surface area contributed by atoms with E-state index in [0.29, 0.717) is 0 Å². The zero-order valence-corrected chi connectivity index (χ0v) is 14.5. The van der Waals surface area contributed by atoms with Gasteiger partial charge in [0.1, 0.15) is 5.82 Å². The highest BCUT2D eigenvalue weighted by molar-refractivity contribution is 5.15. The number of halogens is 1. The van der Waals surface area contributed by atoms with Crippen LogP contribution in [0.4, 0.5) is 4.39 Å². The Bertz CT molecular complexity index is 404. The first kappa shape index (κ1) is 21.7. The molecule has 0 aliphatic carbocycles. The molecule has 0 atom stereocenters. The van der Waals surface area contributed by atoms with Gasteiger partial charge in [-0.1, -0.05) is 84.0 Å². The molecule has 0 spiro atoms. The van der Waals surface area contributed by atoms with Gasteiger partial charge in [0.2, 0.25) is 0 Å². The van der Waals surface area contributed by atoms with Gasteiger partial charge in [0, 0.05) is 0 Å². The molecular weight excluding hydrogens is 259 g/mol. The molecule has 118 valence electrons. The Balaban J connectivity index is 0. The molecule has 0 saturated carbocycles. The van der Waals surface area contributed by atoms with E-state index in [2.05, 4.69) is 31.2 Å². The van der Waals surface area contributed by atoms with E-state index in [1.54, 1.807) is 12.1 Å². The molecule has 21 heavy (non-hydrogen) atoms. The smallest absolute Gasteiger partial charge is 0.123 e. The van der Waals surface area contributed by atoms with Gasteiger partial charge in [-0.15, -0.1) is 0 Å². The highest BCUT2D eigenvalue weighted by atomic mass is 19.1. The van der Waals surface area contributed by atoms with Crippen LogP contribution >= 0.6 is 0 Å². The van der Waals surface area contributed by atoms with Crippen LogP contribution in [-0.2, 0) is 12.8 Å². The van der Waals surface area contributed by atoms with Crippen LogP contribution in [-0.4, -0.2) is 0 Å². The van der Waals surface area contributed by atoms with Crippen LogP contribution in [0, 0.1) is 5.82 Å². The van der Waals surface area contributed by atoms with Crippen molar-refractivity contribution in [3.63, 3.8) is 0 Å². The van der Waals surface area contributed by atoms with Gasteiger partial charge in [0.15, 0.2) is 0 Å². The predicted molar refractivity (Wildman–Crippen MR) is 94.3 cm³/mol. The lowest BCUT2D eigenvalue weighted by Gasteiger charge is -1.92. The molecule has 0 N–H and O–H groups in total. The molecule has 2 rings (SSSR count). The summed E-state index contributed by atoms with van der Waals surface area (Å²) in [5, 5.41) is 0. The third kappa shape index (κ3) is 11.9. The minimum atomic E-state index is -0.160. The highest BCUT2D eigenvalue weighted by Crippen LogP contribution is 2.02. The maximum Gasteiger partial charge on any atom is 0.123 e. The van der Waals surface area contributed by atoms with Gasteiger partial charge in [-0.2, -0.15) is 0 Å². The molecule has 0 fully saturated rings. The first-order valence-electron chi connectivity index (χ1n) is 8.04. The fourth-order valence-corrected chi connectivity index (χ4v) is 1.43. The lowest BCUT2D eigenvalue weighted by Crippen LogP contribution is -1.78. The van der Waals surface area contributed by atoms with Crippen LogP contribution < -0.4 is 0 Å². The topological polar surface area (TPSA) is 0 Å². The Kier molecular flexibility index (Phi) is 16.9. The molecule has 1 heteroatoms. The van der Waals surface area contributed by atoms with E-state index >= 15 is 0 Å². The second-order valence-corrected chi connectivity index (χ2v) is 3.82. The van der Waals surface area contributed by atoms with Crippen molar-refractivity contribution < 1.29 is 4.39 Å². The molecule has 0 saturated heterocycles. The Labute approximate surface area is 131 Å². The van der Waals surface area contributed by atoms with Crippen molar-refractivity contribution in [2.45, 2.75) is 54.4 Å². The van der Waals surface area contributed by atoms with E-state index in [9.17, 15) is 4.39 Å². The van der Waals surface area contributed by atoms with Crippen LogP contribution in [0.1, 0.15) is 52.7 Å². The molecule has 0 heterocycles. The van der Waals surface area contributed by atoms with E-state index < -0.39 is 0 Å². The Morgan fingerprint density at radius 2 is 1.00 bits per heavy atom. The third-order valence-corrected chi connectivity index (χ3v) is 2.57. The van der Waals surface area contributed by atoms with E-state index in [0.717, 1.165) is 12.8 Å². The van der Waals surface area contributed by atoms with Crippen LogP contribution in [0.2, 0.25) is 0 Å². The van der Waals surface area contributed by atoms with Gasteiger partial charge in [-0.25, -0.2) is 4.39 Å². The summed E-state index contributed by atoms with van der Waals surface area (Å²) in [5.41, 5.74) is 2.59. The first-order valence-corrected chi connectivity index (χ1v) is 8.04. The second kappa shape index (κ2) is 16.4. The molecule has 2 aromatic carbocycles. The summed E-state index contributed by atoms with van der Waals surface area (Å²) < 4.78 is 12.2. The van der Waals surface area contributed by atoms with Crippen molar-refractivity contribution in [2.75, 3.05) is 0 Å². The van der Waals surface area contributed by atoms with E-state index in [-0.39, 0.29) is 5.82 Å². The SMILES string of the molecule is CC.CC.CCc1ccc(F)cc1.CCc1ccccc1. The maximum absolute atomic E-state index is 12.2. The maximum atomic E-state index is 12.2. The molecular formula is C20H31F. The van der Waals surface area contributed by atoms with Gasteiger partial charge >= 0.3 is 0 Å². The second-order valence-electron chi connectivity index (χ2n) is 3.82. The molecule has 0 aliphatic rings. The number of rotatable bonds is 2. The minimum Gasteiger partial charge on any atom is -0.207 e. The lowest BCUT2D eigenvalue weighted by molar-refractivity contribution is 0.627. The summed E-state index contributed by atoms with van der Waals surface area (Å²) in [4.78, 5) is 0. The molecule has 0 amide bonds. The summed E-state index contributed by atoms with van der Waals surface area (Å²) >= 11 is 0. The fourth-order valence-electron chi connectivity index (χ4n) is 1.43. The number of hydrogen-bond donors (Lipinski definition) is 0. The van der Waals surface area contributed by atoms with Crippen molar-refractivity contribution >= 4 is 0 Å². The predicted octanol–water partition coefficient (Wildman–Crippen LogP) is 6.69. The number of hydrogen-bond acceptors (Lipinski definition) is 0. The van der Waals surface area contributed by atoms with Crippen molar-refractivity contribution in [1.82, 2.24) is 0 Å². The van der Waals surface area contributed by atoms with Gasteiger partial charge < -0.3 is 0 Å². The monoisotopic (exact) mass is 290 g/mol. The van der Waals surface area contributed by atoms with Gasteiger partial charge in [-0.05, 0) is 36.1 Å². The fraction of sp³-hybridized carbons (Fsp3) is 0.400. The average Bonchev–Trinajstić information content (AvgIpc) is 2.60. The standard InChI is InChI=1S/C8H9F.C8H10.2C2H6/c1-2-7-3-5-8(9)6-4-7;1-2-8-6-4-3-5-7-8;2*1-2/h3-6H,2H2,1H3;3-7H,2H2,1H3;2*1-2H3. The Morgan fingerprint density at radius 1 is 0.619 bits per heavy atom. The summed E-state index contributed by atoms with van der Waals surface area (Å²) in [6.45, 7) is 12.2. The zero-order valence-electron chi connectivity index (χ0n) is 14.5. The lowest BCUT2D eigenvalue weighted by atomic mass is 10.2. The van der Waals surface area contributed by atoms with Crippen molar-refractivity contribution in [2.24, 2.45) is 0 Å². The van der Waals surface area contributed by atoms with E-state index in [4.69, 9.17) is 0 Å². The van der Waals surface area contributed by atoms with Crippen LogP contribution in [0.15, 0.2) is 54.6 Å². The van der Waals surface area contributed by atoms with Crippen molar-refractivity contribution in [3.05, 3.63) is 71.5 Å². The summed E-state index contributed by atoms with van der Waals surface area (Å²) in [6.07, 6.45) is 2.11. The third-order valence-electron chi connectivity index (χ3n) is 2.57. The van der Waals surface area contributed by atoms with E-state index in [1.165, 1.54) is 23.3 Å².